The molecular weight excluding hydrogens is 576 g/mol. The van der Waals surface area contributed by atoms with Crippen molar-refractivity contribution in [3.63, 3.8) is 0 Å². The van der Waals surface area contributed by atoms with Crippen molar-refractivity contribution < 1.29 is 19.4 Å². The molecule has 8 heteroatoms. The van der Waals surface area contributed by atoms with Crippen LogP contribution in [0.2, 0.25) is 0 Å². The SMILES string of the molecule is CCOC(=O)CCCCCCN1CCCN(C(=O)c2cccc(C(c3cccc(O)c3)N3C[C@@H](C)N(CC4CC4)C[C@@H]3C)c2)CC1. The highest BCUT2D eigenvalue weighted by molar-refractivity contribution is 5.94. The number of esters is 1. The molecule has 3 aliphatic rings. The van der Waals surface area contributed by atoms with E-state index in [2.05, 4.69) is 46.7 Å². The summed E-state index contributed by atoms with van der Waals surface area (Å²) < 4.78 is 5.02. The molecule has 5 rings (SSSR count). The fourth-order valence-electron chi connectivity index (χ4n) is 7.35. The first kappa shape index (κ1) is 34.4. The van der Waals surface area contributed by atoms with Crippen LogP contribution in [0.15, 0.2) is 48.5 Å². The zero-order chi connectivity index (χ0) is 32.5. The van der Waals surface area contributed by atoms with Gasteiger partial charge in [-0.3, -0.25) is 19.4 Å². The van der Waals surface area contributed by atoms with E-state index in [-0.39, 0.29) is 23.7 Å². The molecule has 1 N–H and O–H groups in total. The van der Waals surface area contributed by atoms with Crippen molar-refractivity contribution in [3.05, 3.63) is 65.2 Å². The van der Waals surface area contributed by atoms with Gasteiger partial charge in [-0.2, -0.15) is 0 Å². The Morgan fingerprint density at radius 2 is 1.65 bits per heavy atom. The van der Waals surface area contributed by atoms with Crippen LogP contribution < -0.4 is 0 Å². The summed E-state index contributed by atoms with van der Waals surface area (Å²) in [5, 5.41) is 10.5. The standard InChI is InChI=1S/C38H56N4O4/c1-4-46-36(44)16-7-5-6-8-19-39-20-11-21-40(23-22-39)38(45)34-14-9-12-32(24-34)37(33-13-10-15-35(43)25-33)42-27-29(2)41(26-30(42)3)28-31-17-18-31/h9-10,12-15,24-25,29-31,37,43H,4-8,11,16-23,26-28H2,1-3H3/t29-,30+,37?/m1/s1. The number of carbonyl (C=O) groups is 2. The molecule has 46 heavy (non-hydrogen) atoms. The number of aromatic hydroxyl groups is 1. The summed E-state index contributed by atoms with van der Waals surface area (Å²) in [6.07, 6.45) is 8.37. The molecular formula is C38H56N4O4. The quantitative estimate of drug-likeness (QED) is 0.204. The van der Waals surface area contributed by atoms with Crippen molar-refractivity contribution in [1.82, 2.24) is 19.6 Å². The molecule has 0 bridgehead atoms. The summed E-state index contributed by atoms with van der Waals surface area (Å²) in [6.45, 7) is 14.6. The molecule has 2 heterocycles. The number of unbranched alkanes of at least 4 members (excludes halogenated alkanes) is 3. The second kappa shape index (κ2) is 16.8. The lowest BCUT2D eigenvalue weighted by molar-refractivity contribution is -0.143. The average Bonchev–Trinajstić information content (AvgIpc) is 3.89. The van der Waals surface area contributed by atoms with Gasteiger partial charge < -0.3 is 19.6 Å². The maximum Gasteiger partial charge on any atom is 0.305 e. The zero-order valence-electron chi connectivity index (χ0n) is 28.4. The van der Waals surface area contributed by atoms with E-state index in [1.54, 1.807) is 6.07 Å². The van der Waals surface area contributed by atoms with Crippen molar-refractivity contribution in [2.45, 2.75) is 90.3 Å². The van der Waals surface area contributed by atoms with Crippen LogP contribution in [0.1, 0.15) is 99.7 Å². The Balaban J connectivity index is 1.21. The minimum Gasteiger partial charge on any atom is -0.508 e. The van der Waals surface area contributed by atoms with Crippen molar-refractivity contribution in [2.24, 2.45) is 5.92 Å². The smallest absolute Gasteiger partial charge is 0.305 e. The number of phenols is 1. The lowest BCUT2D eigenvalue weighted by atomic mass is 9.92. The van der Waals surface area contributed by atoms with Gasteiger partial charge in [0, 0.05) is 63.3 Å². The van der Waals surface area contributed by atoms with Crippen molar-refractivity contribution in [3.8, 4) is 5.75 Å². The third-order valence-corrected chi connectivity index (χ3v) is 10.1. The predicted molar refractivity (Wildman–Crippen MR) is 183 cm³/mol. The number of hydrogen-bond acceptors (Lipinski definition) is 7. The molecule has 1 amide bonds. The lowest BCUT2D eigenvalue weighted by Crippen LogP contribution is -2.57. The topological polar surface area (TPSA) is 76.6 Å². The number of carbonyl (C=O) groups excluding carboxylic acids is 2. The fraction of sp³-hybridized carbons (Fsp3) is 0.632. The Kier molecular flexibility index (Phi) is 12.5. The fourth-order valence-corrected chi connectivity index (χ4v) is 7.35. The number of nitrogens with zero attached hydrogens (tertiary/aromatic N) is 4. The van der Waals surface area contributed by atoms with Crippen LogP contribution >= 0.6 is 0 Å². The van der Waals surface area contributed by atoms with Crippen LogP contribution in [-0.2, 0) is 9.53 Å². The van der Waals surface area contributed by atoms with Crippen molar-refractivity contribution in [2.75, 3.05) is 59.0 Å². The number of phenolic OH excluding ortho intramolecular Hbond substituents is 1. The van der Waals surface area contributed by atoms with Crippen LogP contribution in [0, 0.1) is 5.92 Å². The van der Waals surface area contributed by atoms with E-state index < -0.39 is 0 Å². The third kappa shape index (κ3) is 9.55. The summed E-state index contributed by atoms with van der Waals surface area (Å²) in [6, 6.07) is 16.6. The normalized spacial score (nSPS) is 22.4. The summed E-state index contributed by atoms with van der Waals surface area (Å²) >= 11 is 0. The molecule has 2 aromatic rings. The Hall–Kier alpha value is -2.94. The monoisotopic (exact) mass is 632 g/mol. The maximum absolute atomic E-state index is 13.9. The number of piperazine rings is 1. The largest absolute Gasteiger partial charge is 0.508 e. The molecule has 2 saturated heterocycles. The second-order valence-corrected chi connectivity index (χ2v) is 13.9. The molecule has 1 saturated carbocycles. The molecule has 3 fully saturated rings. The highest BCUT2D eigenvalue weighted by atomic mass is 16.5. The van der Waals surface area contributed by atoms with Gasteiger partial charge in [-0.1, -0.05) is 37.1 Å². The molecule has 1 aliphatic carbocycles. The molecule has 2 aromatic carbocycles. The highest BCUT2D eigenvalue weighted by Gasteiger charge is 2.37. The Bertz CT molecular complexity index is 1280. The number of benzene rings is 2. The molecule has 252 valence electrons. The van der Waals surface area contributed by atoms with Gasteiger partial charge >= 0.3 is 5.97 Å². The van der Waals surface area contributed by atoms with Crippen LogP contribution in [0.3, 0.4) is 0 Å². The Morgan fingerprint density at radius 3 is 2.41 bits per heavy atom. The van der Waals surface area contributed by atoms with Gasteiger partial charge in [0.05, 0.1) is 12.6 Å². The molecule has 0 aromatic heterocycles. The van der Waals surface area contributed by atoms with Crippen LogP contribution in [-0.4, -0.2) is 108 Å². The van der Waals surface area contributed by atoms with Gasteiger partial charge in [0.1, 0.15) is 5.75 Å². The van der Waals surface area contributed by atoms with E-state index in [9.17, 15) is 14.7 Å². The Labute approximate surface area is 276 Å². The minimum absolute atomic E-state index is 0.0442. The van der Waals surface area contributed by atoms with E-state index >= 15 is 0 Å². The second-order valence-electron chi connectivity index (χ2n) is 13.9. The van der Waals surface area contributed by atoms with E-state index in [1.807, 2.05) is 36.1 Å². The Morgan fingerprint density at radius 1 is 0.891 bits per heavy atom. The van der Waals surface area contributed by atoms with E-state index in [0.29, 0.717) is 25.1 Å². The first-order valence-corrected chi connectivity index (χ1v) is 17.9. The molecule has 8 nitrogen and oxygen atoms in total. The zero-order valence-corrected chi connectivity index (χ0v) is 28.4. The average molecular weight is 633 g/mol. The maximum atomic E-state index is 13.9. The number of amides is 1. The van der Waals surface area contributed by atoms with Gasteiger partial charge in [0.2, 0.25) is 0 Å². The van der Waals surface area contributed by atoms with Crippen LogP contribution in [0.4, 0.5) is 0 Å². The first-order valence-electron chi connectivity index (χ1n) is 17.9. The van der Waals surface area contributed by atoms with E-state index in [0.717, 1.165) is 101 Å². The summed E-state index contributed by atoms with van der Waals surface area (Å²) in [5.74, 6) is 1.15. The molecule has 0 radical (unpaired) electrons. The van der Waals surface area contributed by atoms with Crippen LogP contribution in [0.25, 0.3) is 0 Å². The molecule has 0 spiro atoms. The van der Waals surface area contributed by atoms with Gasteiger partial charge in [0.15, 0.2) is 0 Å². The van der Waals surface area contributed by atoms with E-state index in [4.69, 9.17) is 4.74 Å². The molecule has 2 aliphatic heterocycles. The lowest BCUT2D eigenvalue weighted by Gasteiger charge is -2.48. The highest BCUT2D eigenvalue weighted by Crippen LogP contribution is 2.37. The first-order chi connectivity index (χ1) is 22.3. The summed E-state index contributed by atoms with van der Waals surface area (Å²) in [4.78, 5) is 35.2. The number of rotatable bonds is 14. The van der Waals surface area contributed by atoms with Crippen molar-refractivity contribution in [1.29, 1.82) is 0 Å². The molecule has 1 unspecified atom stereocenters. The van der Waals surface area contributed by atoms with Crippen molar-refractivity contribution >= 4 is 11.9 Å². The van der Waals surface area contributed by atoms with Gasteiger partial charge in [0.25, 0.3) is 5.91 Å². The van der Waals surface area contributed by atoms with Gasteiger partial charge in [-0.25, -0.2) is 0 Å². The van der Waals surface area contributed by atoms with E-state index in [1.165, 1.54) is 19.4 Å². The third-order valence-electron chi connectivity index (χ3n) is 10.1. The van der Waals surface area contributed by atoms with Crippen LogP contribution in [0.5, 0.6) is 5.75 Å². The summed E-state index contributed by atoms with van der Waals surface area (Å²) in [5.41, 5.74) is 2.90. The van der Waals surface area contributed by atoms with Gasteiger partial charge in [-0.05, 0) is 107 Å². The summed E-state index contributed by atoms with van der Waals surface area (Å²) in [7, 11) is 0. The number of hydrogen-bond donors (Lipinski definition) is 1. The minimum atomic E-state index is -0.0914. The predicted octanol–water partition coefficient (Wildman–Crippen LogP) is 5.95. The molecule has 3 atom stereocenters. The van der Waals surface area contributed by atoms with Gasteiger partial charge in [-0.15, -0.1) is 0 Å². The number of ether oxygens (including phenoxy) is 1.